The Hall–Kier alpha value is -3.02. The van der Waals surface area contributed by atoms with Gasteiger partial charge in [0.15, 0.2) is 5.96 Å². The highest BCUT2D eigenvalue weighted by Crippen LogP contribution is 2.12. The summed E-state index contributed by atoms with van der Waals surface area (Å²) in [6.07, 6.45) is 3.47. The number of nitrogens with one attached hydrogen (secondary N) is 2. The molecular formula is C22H29N5O. The summed E-state index contributed by atoms with van der Waals surface area (Å²) in [7, 11) is 1.97. The molecule has 2 N–H and O–H groups in total. The zero-order chi connectivity index (χ0) is 19.8. The van der Waals surface area contributed by atoms with E-state index in [1.165, 1.54) is 11.1 Å². The molecule has 6 nitrogen and oxygen atoms in total. The second-order valence-electron chi connectivity index (χ2n) is 6.86. The van der Waals surface area contributed by atoms with Crippen LogP contribution in [-0.2, 0) is 26.4 Å². The van der Waals surface area contributed by atoms with E-state index in [-0.39, 0.29) is 0 Å². The number of aliphatic imine (C=N–C) groups is 1. The lowest BCUT2D eigenvalue weighted by Gasteiger charge is -2.12. The van der Waals surface area contributed by atoms with Crippen molar-refractivity contribution >= 4 is 5.96 Å². The number of aromatic nitrogens is 2. The Morgan fingerprint density at radius 2 is 1.79 bits per heavy atom. The predicted molar refractivity (Wildman–Crippen MR) is 112 cm³/mol. The fourth-order valence-electron chi connectivity index (χ4n) is 3.11. The number of guanidine groups is 1. The van der Waals surface area contributed by atoms with Crippen LogP contribution in [0.25, 0.3) is 0 Å². The quantitative estimate of drug-likeness (QED) is 0.466. The second kappa shape index (κ2) is 9.78. The maximum Gasteiger partial charge on any atom is 0.191 e. The predicted octanol–water partition coefficient (Wildman–Crippen LogP) is 3.15. The summed E-state index contributed by atoms with van der Waals surface area (Å²) >= 11 is 0. The zero-order valence-electron chi connectivity index (χ0n) is 16.9. The number of hydrogen-bond acceptors (Lipinski definition) is 3. The average molecular weight is 380 g/mol. The third-order valence-corrected chi connectivity index (χ3v) is 4.85. The molecule has 0 amide bonds. The SMILES string of the molecule is Cc1nn(C)c(C)c1CN=C(NCCc1ccccc1)NCCc1ccco1. The molecule has 0 fully saturated rings. The van der Waals surface area contributed by atoms with Crippen molar-refractivity contribution in [2.45, 2.75) is 33.2 Å². The highest BCUT2D eigenvalue weighted by molar-refractivity contribution is 5.79. The van der Waals surface area contributed by atoms with Crippen LogP contribution in [0.5, 0.6) is 0 Å². The van der Waals surface area contributed by atoms with Gasteiger partial charge in [-0.3, -0.25) is 4.68 Å². The topological polar surface area (TPSA) is 67.4 Å². The molecule has 0 aliphatic heterocycles. The molecule has 2 aromatic heterocycles. The molecule has 0 saturated carbocycles. The molecule has 0 radical (unpaired) electrons. The second-order valence-corrected chi connectivity index (χ2v) is 6.86. The molecule has 28 heavy (non-hydrogen) atoms. The number of hydrogen-bond donors (Lipinski definition) is 2. The Balaban J connectivity index is 1.60. The first-order valence-electron chi connectivity index (χ1n) is 9.71. The maximum absolute atomic E-state index is 5.41. The molecule has 148 valence electrons. The van der Waals surface area contributed by atoms with Gasteiger partial charge < -0.3 is 15.1 Å². The van der Waals surface area contributed by atoms with Crippen LogP contribution in [0.4, 0.5) is 0 Å². The van der Waals surface area contributed by atoms with Crippen molar-refractivity contribution in [2.75, 3.05) is 13.1 Å². The third kappa shape index (κ3) is 5.49. The van der Waals surface area contributed by atoms with Crippen molar-refractivity contribution in [3.05, 3.63) is 77.0 Å². The van der Waals surface area contributed by atoms with E-state index in [2.05, 4.69) is 46.9 Å². The number of benzene rings is 1. The minimum absolute atomic E-state index is 0.604. The van der Waals surface area contributed by atoms with Crippen LogP contribution in [0, 0.1) is 13.8 Å². The van der Waals surface area contributed by atoms with Gasteiger partial charge in [-0.05, 0) is 38.0 Å². The lowest BCUT2D eigenvalue weighted by molar-refractivity contribution is 0.506. The number of rotatable bonds is 8. The third-order valence-electron chi connectivity index (χ3n) is 4.85. The van der Waals surface area contributed by atoms with Crippen LogP contribution in [0.1, 0.15) is 28.3 Å². The van der Waals surface area contributed by atoms with Gasteiger partial charge in [0.05, 0.1) is 18.5 Å². The smallest absolute Gasteiger partial charge is 0.191 e. The van der Waals surface area contributed by atoms with Gasteiger partial charge in [0, 0.05) is 37.8 Å². The first-order valence-corrected chi connectivity index (χ1v) is 9.71. The molecule has 3 aromatic rings. The Bertz CT molecular complexity index is 881. The van der Waals surface area contributed by atoms with Crippen LogP contribution in [0.3, 0.4) is 0 Å². The van der Waals surface area contributed by atoms with Gasteiger partial charge in [-0.2, -0.15) is 5.10 Å². The summed E-state index contributed by atoms with van der Waals surface area (Å²) in [5.41, 5.74) is 4.67. The first-order chi connectivity index (χ1) is 13.6. The molecule has 3 rings (SSSR count). The van der Waals surface area contributed by atoms with Crippen LogP contribution in [0.2, 0.25) is 0 Å². The van der Waals surface area contributed by atoms with Crippen LogP contribution < -0.4 is 10.6 Å². The molecule has 1 aromatic carbocycles. The summed E-state index contributed by atoms with van der Waals surface area (Å²) in [5.74, 6) is 1.78. The summed E-state index contributed by atoms with van der Waals surface area (Å²) in [6.45, 7) is 6.30. The Kier molecular flexibility index (Phi) is 6.89. The fraction of sp³-hybridized carbons (Fsp3) is 0.364. The van der Waals surface area contributed by atoms with Gasteiger partial charge >= 0.3 is 0 Å². The highest BCUT2D eigenvalue weighted by Gasteiger charge is 2.09. The summed E-state index contributed by atoms with van der Waals surface area (Å²) in [6, 6.07) is 14.4. The van der Waals surface area contributed by atoms with Gasteiger partial charge in [0.1, 0.15) is 5.76 Å². The summed E-state index contributed by atoms with van der Waals surface area (Å²) in [5, 5.41) is 11.3. The largest absolute Gasteiger partial charge is 0.469 e. The van der Waals surface area contributed by atoms with Gasteiger partial charge in [-0.25, -0.2) is 4.99 Å². The normalized spacial score (nSPS) is 11.6. The fourth-order valence-corrected chi connectivity index (χ4v) is 3.11. The van der Waals surface area contributed by atoms with Crippen molar-refractivity contribution in [3.8, 4) is 0 Å². The molecule has 0 bridgehead atoms. The van der Waals surface area contributed by atoms with Crippen molar-refractivity contribution in [2.24, 2.45) is 12.0 Å². The minimum atomic E-state index is 0.604. The van der Waals surface area contributed by atoms with Gasteiger partial charge in [-0.15, -0.1) is 0 Å². The molecular weight excluding hydrogens is 350 g/mol. The van der Waals surface area contributed by atoms with E-state index in [1.807, 2.05) is 36.9 Å². The Morgan fingerprint density at radius 1 is 1.04 bits per heavy atom. The van der Waals surface area contributed by atoms with Crippen LogP contribution in [0.15, 0.2) is 58.1 Å². The van der Waals surface area contributed by atoms with E-state index in [9.17, 15) is 0 Å². The Morgan fingerprint density at radius 3 is 2.43 bits per heavy atom. The number of furan rings is 1. The standard InChI is InChI=1S/C22H29N5O/c1-17-21(18(2)27(3)26-17)16-25-22(24-14-12-20-10-7-15-28-20)23-13-11-19-8-5-4-6-9-19/h4-10,15H,11-14,16H2,1-3H3,(H2,23,24,25). The Labute approximate surface area is 166 Å². The van der Waals surface area contributed by atoms with Crippen LogP contribution in [-0.4, -0.2) is 28.8 Å². The van der Waals surface area contributed by atoms with Gasteiger partial charge in [-0.1, -0.05) is 30.3 Å². The van der Waals surface area contributed by atoms with Crippen molar-refractivity contribution in [1.82, 2.24) is 20.4 Å². The summed E-state index contributed by atoms with van der Waals surface area (Å²) < 4.78 is 7.32. The van der Waals surface area contributed by atoms with E-state index in [0.717, 1.165) is 49.0 Å². The highest BCUT2D eigenvalue weighted by atomic mass is 16.3. The molecule has 0 unspecified atom stereocenters. The average Bonchev–Trinajstić information content (AvgIpc) is 3.29. The van der Waals surface area contributed by atoms with Gasteiger partial charge in [0.2, 0.25) is 0 Å². The van der Waals surface area contributed by atoms with Gasteiger partial charge in [0.25, 0.3) is 0 Å². The van der Waals surface area contributed by atoms with E-state index in [0.29, 0.717) is 6.54 Å². The molecule has 0 atom stereocenters. The van der Waals surface area contributed by atoms with E-state index in [1.54, 1.807) is 6.26 Å². The monoisotopic (exact) mass is 379 g/mol. The van der Waals surface area contributed by atoms with E-state index in [4.69, 9.17) is 9.41 Å². The minimum Gasteiger partial charge on any atom is -0.469 e. The molecule has 0 aliphatic rings. The maximum atomic E-state index is 5.41. The van der Waals surface area contributed by atoms with Crippen molar-refractivity contribution in [1.29, 1.82) is 0 Å². The lowest BCUT2D eigenvalue weighted by atomic mass is 10.1. The van der Waals surface area contributed by atoms with Crippen molar-refractivity contribution in [3.63, 3.8) is 0 Å². The van der Waals surface area contributed by atoms with Crippen LogP contribution >= 0.6 is 0 Å². The number of aryl methyl sites for hydroxylation is 2. The summed E-state index contributed by atoms with van der Waals surface area (Å²) in [4.78, 5) is 4.79. The molecule has 0 saturated heterocycles. The molecule has 0 aliphatic carbocycles. The van der Waals surface area contributed by atoms with Crippen molar-refractivity contribution < 1.29 is 4.42 Å². The molecule has 2 heterocycles. The molecule has 0 spiro atoms. The zero-order valence-corrected chi connectivity index (χ0v) is 16.9. The molecule has 6 heteroatoms. The lowest BCUT2D eigenvalue weighted by Crippen LogP contribution is -2.39. The van der Waals surface area contributed by atoms with E-state index >= 15 is 0 Å². The number of nitrogens with zero attached hydrogens (tertiary/aromatic N) is 3. The van der Waals surface area contributed by atoms with E-state index < -0.39 is 0 Å². The first kappa shape index (κ1) is 19.7.